The van der Waals surface area contributed by atoms with Gasteiger partial charge in [-0.25, -0.2) is 0 Å². The van der Waals surface area contributed by atoms with E-state index >= 15 is 0 Å². The maximum atomic E-state index is 9.88. The van der Waals surface area contributed by atoms with E-state index in [4.69, 9.17) is 0 Å². The first kappa shape index (κ1) is 12.5. The number of rotatable bonds is 3. The molecule has 0 amide bonds. The van der Waals surface area contributed by atoms with Crippen molar-refractivity contribution < 1.29 is 5.11 Å². The molecule has 0 atom stereocenters. The Morgan fingerprint density at radius 2 is 1.45 bits per heavy atom. The predicted octanol–water partition coefficient (Wildman–Crippen LogP) is 4.80. The molecule has 0 saturated heterocycles. The summed E-state index contributed by atoms with van der Waals surface area (Å²) in [6, 6.07) is 22.0. The van der Waals surface area contributed by atoms with Crippen LogP contribution < -0.4 is 0 Å². The molecule has 20 heavy (non-hydrogen) atoms. The molecule has 0 aliphatic carbocycles. The lowest BCUT2D eigenvalue weighted by Gasteiger charge is -2.06. The van der Waals surface area contributed by atoms with E-state index in [2.05, 4.69) is 30.4 Å². The van der Waals surface area contributed by atoms with Gasteiger partial charge in [0, 0.05) is 5.39 Å². The van der Waals surface area contributed by atoms with Crippen LogP contribution in [-0.2, 0) is 6.42 Å². The lowest BCUT2D eigenvalue weighted by molar-refractivity contribution is 0.481. The van der Waals surface area contributed by atoms with E-state index in [1.807, 2.05) is 42.5 Å². The molecule has 0 heterocycles. The zero-order valence-electron chi connectivity index (χ0n) is 11.2. The van der Waals surface area contributed by atoms with Gasteiger partial charge in [-0.15, -0.1) is 0 Å². The van der Waals surface area contributed by atoms with Crippen molar-refractivity contribution >= 4 is 16.8 Å². The zero-order valence-corrected chi connectivity index (χ0v) is 11.2. The van der Waals surface area contributed by atoms with Crippen LogP contribution in [0, 0.1) is 0 Å². The number of allylic oxidation sites excluding steroid dienone is 1. The van der Waals surface area contributed by atoms with Crippen molar-refractivity contribution in [2.75, 3.05) is 0 Å². The van der Waals surface area contributed by atoms with Crippen molar-refractivity contribution in [1.82, 2.24) is 0 Å². The summed E-state index contributed by atoms with van der Waals surface area (Å²) >= 11 is 0. The molecule has 1 nitrogen and oxygen atoms in total. The number of fused-ring (bicyclic) bond motifs is 1. The van der Waals surface area contributed by atoms with Gasteiger partial charge in [0.1, 0.15) is 5.75 Å². The normalized spacial score (nSPS) is 11.2. The van der Waals surface area contributed by atoms with Gasteiger partial charge in [-0.2, -0.15) is 0 Å². The Morgan fingerprint density at radius 1 is 0.750 bits per heavy atom. The predicted molar refractivity (Wildman–Crippen MR) is 84.8 cm³/mol. The fourth-order valence-electron chi connectivity index (χ4n) is 2.41. The van der Waals surface area contributed by atoms with E-state index in [1.54, 1.807) is 6.07 Å². The summed E-state index contributed by atoms with van der Waals surface area (Å²) in [5.74, 6) is 0.344. The van der Waals surface area contributed by atoms with Crippen LogP contribution in [0.3, 0.4) is 0 Å². The Balaban J connectivity index is 1.89. The van der Waals surface area contributed by atoms with Crippen molar-refractivity contribution in [3.05, 3.63) is 83.9 Å². The van der Waals surface area contributed by atoms with Gasteiger partial charge >= 0.3 is 0 Å². The summed E-state index contributed by atoms with van der Waals surface area (Å²) in [5, 5.41) is 11.9. The Kier molecular flexibility index (Phi) is 3.51. The Bertz CT molecular complexity index is 742. The van der Waals surface area contributed by atoms with Gasteiger partial charge in [-0.05, 0) is 29.0 Å². The molecule has 3 aromatic carbocycles. The Hall–Kier alpha value is -2.54. The fourth-order valence-corrected chi connectivity index (χ4v) is 2.41. The lowest BCUT2D eigenvalue weighted by atomic mass is 10.0. The monoisotopic (exact) mass is 260 g/mol. The van der Waals surface area contributed by atoms with Crippen LogP contribution in [0.15, 0.2) is 72.8 Å². The molecule has 1 N–H and O–H groups in total. The summed E-state index contributed by atoms with van der Waals surface area (Å²) < 4.78 is 0. The van der Waals surface area contributed by atoms with Crippen LogP contribution >= 0.6 is 0 Å². The van der Waals surface area contributed by atoms with Crippen molar-refractivity contribution in [1.29, 1.82) is 0 Å². The maximum Gasteiger partial charge on any atom is 0.123 e. The highest BCUT2D eigenvalue weighted by Gasteiger charge is 2.02. The number of phenols is 1. The summed E-state index contributed by atoms with van der Waals surface area (Å²) in [5.41, 5.74) is 2.43. The molecule has 98 valence electrons. The SMILES string of the molecule is Oc1ccc(C/C=C/c2ccccc2)c2ccccc12. The molecule has 3 rings (SSSR count). The fraction of sp³-hybridized carbons (Fsp3) is 0.0526. The van der Waals surface area contributed by atoms with E-state index in [1.165, 1.54) is 11.1 Å². The minimum Gasteiger partial charge on any atom is -0.507 e. The standard InChI is InChI=1S/C19H16O/c20-19-14-13-16(17-11-4-5-12-18(17)19)10-6-9-15-7-2-1-3-8-15/h1-9,11-14,20H,10H2/b9-6+. The van der Waals surface area contributed by atoms with Gasteiger partial charge in [-0.1, -0.05) is 72.8 Å². The molecule has 1 heteroatoms. The van der Waals surface area contributed by atoms with Crippen LogP contribution in [0.1, 0.15) is 11.1 Å². The van der Waals surface area contributed by atoms with Gasteiger partial charge < -0.3 is 5.11 Å². The molecule has 0 aliphatic rings. The first-order valence-electron chi connectivity index (χ1n) is 6.76. The summed E-state index contributed by atoms with van der Waals surface area (Å²) in [6.07, 6.45) is 5.14. The van der Waals surface area contributed by atoms with Gasteiger partial charge in [0.05, 0.1) is 0 Å². The molecule has 0 fully saturated rings. The molecular weight excluding hydrogens is 244 g/mol. The van der Waals surface area contributed by atoms with Crippen LogP contribution in [-0.4, -0.2) is 5.11 Å². The first-order chi connectivity index (χ1) is 9.84. The van der Waals surface area contributed by atoms with Crippen LogP contribution in [0.2, 0.25) is 0 Å². The number of hydrogen-bond acceptors (Lipinski definition) is 1. The van der Waals surface area contributed by atoms with Crippen molar-refractivity contribution in [3.8, 4) is 5.75 Å². The van der Waals surface area contributed by atoms with Crippen molar-refractivity contribution in [2.45, 2.75) is 6.42 Å². The smallest absolute Gasteiger partial charge is 0.123 e. The number of aromatic hydroxyl groups is 1. The van der Waals surface area contributed by atoms with Gasteiger partial charge in [-0.3, -0.25) is 0 Å². The number of benzene rings is 3. The average molecular weight is 260 g/mol. The summed E-state index contributed by atoms with van der Waals surface area (Å²) in [7, 11) is 0. The summed E-state index contributed by atoms with van der Waals surface area (Å²) in [6.45, 7) is 0. The van der Waals surface area contributed by atoms with Crippen LogP contribution in [0.5, 0.6) is 5.75 Å². The Labute approximate surface area is 118 Å². The topological polar surface area (TPSA) is 20.2 Å². The van der Waals surface area contributed by atoms with E-state index < -0.39 is 0 Å². The van der Waals surface area contributed by atoms with E-state index in [9.17, 15) is 5.11 Å². The van der Waals surface area contributed by atoms with Gasteiger partial charge in [0.25, 0.3) is 0 Å². The van der Waals surface area contributed by atoms with Crippen molar-refractivity contribution in [3.63, 3.8) is 0 Å². The number of phenolic OH excluding ortho intramolecular Hbond substituents is 1. The average Bonchev–Trinajstić information content (AvgIpc) is 2.51. The van der Waals surface area contributed by atoms with Crippen molar-refractivity contribution in [2.24, 2.45) is 0 Å². The highest BCUT2D eigenvalue weighted by molar-refractivity contribution is 5.90. The summed E-state index contributed by atoms with van der Waals surface area (Å²) in [4.78, 5) is 0. The van der Waals surface area contributed by atoms with Gasteiger partial charge in [0.2, 0.25) is 0 Å². The molecular formula is C19H16O. The van der Waals surface area contributed by atoms with Gasteiger partial charge in [0.15, 0.2) is 0 Å². The second-order valence-corrected chi connectivity index (χ2v) is 4.81. The van der Waals surface area contributed by atoms with Crippen LogP contribution in [0.25, 0.3) is 16.8 Å². The highest BCUT2D eigenvalue weighted by atomic mass is 16.3. The first-order valence-corrected chi connectivity index (χ1v) is 6.76. The third-order valence-corrected chi connectivity index (χ3v) is 3.44. The van der Waals surface area contributed by atoms with E-state index in [-0.39, 0.29) is 0 Å². The van der Waals surface area contributed by atoms with Crippen LogP contribution in [0.4, 0.5) is 0 Å². The molecule has 3 aromatic rings. The number of hydrogen-bond donors (Lipinski definition) is 1. The highest BCUT2D eigenvalue weighted by Crippen LogP contribution is 2.27. The minimum atomic E-state index is 0.344. The second-order valence-electron chi connectivity index (χ2n) is 4.81. The second kappa shape index (κ2) is 5.62. The minimum absolute atomic E-state index is 0.344. The molecule has 0 aliphatic heterocycles. The third kappa shape index (κ3) is 2.57. The van der Waals surface area contributed by atoms with E-state index in [0.717, 1.165) is 17.2 Å². The molecule has 0 spiro atoms. The Morgan fingerprint density at radius 3 is 2.25 bits per heavy atom. The maximum absolute atomic E-state index is 9.88. The molecule has 0 radical (unpaired) electrons. The molecule has 0 aromatic heterocycles. The largest absolute Gasteiger partial charge is 0.507 e. The quantitative estimate of drug-likeness (QED) is 0.717. The molecule has 0 unspecified atom stereocenters. The lowest BCUT2D eigenvalue weighted by Crippen LogP contribution is -1.85. The third-order valence-electron chi connectivity index (χ3n) is 3.44. The molecule has 0 saturated carbocycles. The zero-order chi connectivity index (χ0) is 13.8. The molecule has 0 bridgehead atoms. The van der Waals surface area contributed by atoms with E-state index in [0.29, 0.717) is 5.75 Å².